The zero-order chi connectivity index (χ0) is 17.5. The van der Waals surface area contributed by atoms with Crippen molar-refractivity contribution in [1.82, 2.24) is 0 Å². The van der Waals surface area contributed by atoms with Gasteiger partial charge in [0.05, 0.1) is 25.4 Å². The van der Waals surface area contributed by atoms with Gasteiger partial charge in [-0.15, -0.1) is 0 Å². The van der Waals surface area contributed by atoms with Crippen molar-refractivity contribution in [2.45, 2.75) is 26.7 Å². The molecular weight excluding hydrogens is 330 g/mol. The molecular formula is C18H22FO4P. The maximum atomic E-state index is 14.8. The number of esters is 1. The summed E-state index contributed by atoms with van der Waals surface area (Å²) in [4.78, 5) is 11.9. The van der Waals surface area contributed by atoms with Crippen LogP contribution in [0.3, 0.4) is 0 Å². The standard InChI is InChI=1S/C18H22FO4P/c1-4-21-18(20)15-10-8-13-7-9-14(11-16(13)12-15)17(19)24(22-5-2)23-6-3/h7-12,17H,4-6H2,1-3H3. The van der Waals surface area contributed by atoms with Gasteiger partial charge in [0.15, 0.2) is 5.91 Å². The fourth-order valence-electron chi connectivity index (χ4n) is 2.30. The molecule has 24 heavy (non-hydrogen) atoms. The third kappa shape index (κ3) is 4.50. The van der Waals surface area contributed by atoms with Gasteiger partial charge in [0.25, 0.3) is 0 Å². The van der Waals surface area contributed by atoms with Crippen LogP contribution in [0.4, 0.5) is 4.39 Å². The van der Waals surface area contributed by atoms with Crippen LogP contribution in [-0.4, -0.2) is 25.8 Å². The van der Waals surface area contributed by atoms with Crippen LogP contribution in [0.1, 0.15) is 42.6 Å². The second kappa shape index (κ2) is 9.07. The van der Waals surface area contributed by atoms with Crippen molar-refractivity contribution in [1.29, 1.82) is 0 Å². The summed E-state index contributed by atoms with van der Waals surface area (Å²) in [7, 11) is -1.64. The molecule has 0 bridgehead atoms. The topological polar surface area (TPSA) is 44.8 Å². The van der Waals surface area contributed by atoms with Crippen LogP contribution in [0.5, 0.6) is 0 Å². The summed E-state index contributed by atoms with van der Waals surface area (Å²) in [5.41, 5.74) is 0.935. The summed E-state index contributed by atoms with van der Waals surface area (Å²) < 4.78 is 30.6. The van der Waals surface area contributed by atoms with Crippen LogP contribution in [0.2, 0.25) is 0 Å². The molecule has 0 radical (unpaired) electrons. The summed E-state index contributed by atoms with van der Waals surface area (Å²) in [6, 6.07) is 10.5. The number of rotatable bonds is 8. The molecule has 0 aromatic heterocycles. The normalized spacial score (nSPS) is 12.5. The lowest BCUT2D eigenvalue weighted by molar-refractivity contribution is 0.0526. The van der Waals surface area contributed by atoms with Crippen LogP contribution in [0.15, 0.2) is 36.4 Å². The van der Waals surface area contributed by atoms with Gasteiger partial charge in [-0.2, -0.15) is 0 Å². The lowest BCUT2D eigenvalue weighted by Gasteiger charge is -2.20. The Balaban J connectivity index is 2.32. The van der Waals surface area contributed by atoms with E-state index in [1.54, 1.807) is 31.2 Å². The van der Waals surface area contributed by atoms with E-state index < -0.39 is 14.3 Å². The molecule has 0 spiro atoms. The highest BCUT2D eigenvalue weighted by molar-refractivity contribution is 7.47. The van der Waals surface area contributed by atoms with Gasteiger partial charge in [0.1, 0.15) is 0 Å². The number of hydrogen-bond donors (Lipinski definition) is 0. The van der Waals surface area contributed by atoms with Crippen LogP contribution >= 0.6 is 8.38 Å². The molecule has 0 N–H and O–H groups in total. The van der Waals surface area contributed by atoms with Gasteiger partial charge in [0, 0.05) is 0 Å². The van der Waals surface area contributed by atoms with Gasteiger partial charge < -0.3 is 13.8 Å². The van der Waals surface area contributed by atoms with E-state index in [4.69, 9.17) is 13.8 Å². The lowest BCUT2D eigenvalue weighted by Crippen LogP contribution is -2.04. The SMILES string of the molecule is CCOC(=O)c1ccc2ccc(C(F)P(OCC)OCC)cc2c1. The zero-order valence-corrected chi connectivity index (χ0v) is 15.0. The third-order valence-electron chi connectivity index (χ3n) is 3.35. The second-order valence-electron chi connectivity index (χ2n) is 5.00. The molecule has 0 aliphatic heterocycles. The number of benzene rings is 2. The fraction of sp³-hybridized carbons (Fsp3) is 0.389. The Morgan fingerprint density at radius 2 is 1.67 bits per heavy atom. The van der Waals surface area contributed by atoms with Gasteiger partial charge in [0.2, 0.25) is 8.38 Å². The largest absolute Gasteiger partial charge is 0.462 e. The highest BCUT2D eigenvalue weighted by Crippen LogP contribution is 2.54. The first-order valence-corrected chi connectivity index (χ1v) is 9.25. The molecule has 0 saturated carbocycles. The van der Waals surface area contributed by atoms with Crippen molar-refractivity contribution in [3.8, 4) is 0 Å². The predicted molar refractivity (Wildman–Crippen MR) is 93.9 cm³/mol. The average Bonchev–Trinajstić information content (AvgIpc) is 2.60. The monoisotopic (exact) mass is 352 g/mol. The lowest BCUT2D eigenvalue weighted by atomic mass is 10.0. The van der Waals surface area contributed by atoms with E-state index >= 15 is 0 Å². The number of fused-ring (bicyclic) bond motifs is 1. The molecule has 0 saturated heterocycles. The van der Waals surface area contributed by atoms with Gasteiger partial charge in [-0.25, -0.2) is 9.18 Å². The minimum Gasteiger partial charge on any atom is -0.462 e. The Morgan fingerprint density at radius 3 is 2.29 bits per heavy atom. The van der Waals surface area contributed by atoms with E-state index in [0.29, 0.717) is 30.9 Å². The summed E-state index contributed by atoms with van der Waals surface area (Å²) in [6.07, 6.45) is 0. The van der Waals surface area contributed by atoms with Gasteiger partial charge in [-0.1, -0.05) is 18.2 Å². The maximum absolute atomic E-state index is 14.8. The molecule has 0 aliphatic rings. The van der Waals surface area contributed by atoms with Crippen LogP contribution in [-0.2, 0) is 13.8 Å². The minimum atomic E-state index is -1.64. The van der Waals surface area contributed by atoms with Gasteiger partial charge in [-0.3, -0.25) is 0 Å². The van der Waals surface area contributed by atoms with Crippen molar-refractivity contribution >= 4 is 25.1 Å². The Kier molecular flexibility index (Phi) is 7.10. The van der Waals surface area contributed by atoms with Crippen LogP contribution < -0.4 is 0 Å². The Bertz CT molecular complexity index is 686. The van der Waals surface area contributed by atoms with Crippen molar-refractivity contribution in [2.24, 2.45) is 0 Å². The summed E-state index contributed by atoms with van der Waals surface area (Å²) >= 11 is 0. The highest BCUT2D eigenvalue weighted by Gasteiger charge is 2.25. The first-order valence-electron chi connectivity index (χ1n) is 8.00. The quantitative estimate of drug-likeness (QED) is 0.473. The minimum absolute atomic E-state index is 0.316. The third-order valence-corrected chi connectivity index (χ3v) is 5.04. The first-order chi connectivity index (χ1) is 11.6. The molecule has 2 aromatic rings. The Labute approximate surface area is 142 Å². The van der Waals surface area contributed by atoms with E-state index in [1.807, 2.05) is 26.0 Å². The van der Waals surface area contributed by atoms with E-state index in [-0.39, 0.29) is 5.97 Å². The summed E-state index contributed by atoms with van der Waals surface area (Å²) in [6.45, 7) is 6.49. The Morgan fingerprint density at radius 1 is 1.00 bits per heavy atom. The zero-order valence-electron chi connectivity index (χ0n) is 14.1. The van der Waals surface area contributed by atoms with Crippen LogP contribution in [0, 0.1) is 0 Å². The predicted octanol–water partition coefficient (Wildman–Crippen LogP) is 5.37. The van der Waals surface area contributed by atoms with Crippen molar-refractivity contribution in [3.63, 3.8) is 0 Å². The number of alkyl halides is 1. The maximum Gasteiger partial charge on any atom is 0.338 e. The number of carbonyl (C=O) groups is 1. The Hall–Kier alpha value is -1.55. The number of hydrogen-bond acceptors (Lipinski definition) is 4. The molecule has 0 heterocycles. The van der Waals surface area contributed by atoms with E-state index in [0.717, 1.165) is 10.8 Å². The average molecular weight is 352 g/mol. The molecule has 1 atom stereocenters. The van der Waals surface area contributed by atoms with Gasteiger partial charge in [-0.05, 0) is 55.3 Å². The highest BCUT2D eigenvalue weighted by atomic mass is 31.2. The van der Waals surface area contributed by atoms with Crippen molar-refractivity contribution in [2.75, 3.05) is 19.8 Å². The number of carbonyl (C=O) groups excluding carboxylic acids is 1. The molecule has 1 unspecified atom stereocenters. The molecule has 4 nitrogen and oxygen atoms in total. The molecule has 2 aromatic carbocycles. The van der Waals surface area contributed by atoms with E-state index in [9.17, 15) is 9.18 Å². The molecule has 130 valence electrons. The van der Waals surface area contributed by atoms with Crippen molar-refractivity contribution < 1.29 is 23.0 Å². The molecule has 0 aliphatic carbocycles. The summed E-state index contributed by atoms with van der Waals surface area (Å²) in [5, 5.41) is 1.71. The number of ether oxygens (including phenoxy) is 1. The fourth-order valence-corrected chi connectivity index (χ4v) is 3.55. The van der Waals surface area contributed by atoms with E-state index in [2.05, 4.69) is 0 Å². The number of halogens is 1. The first kappa shape index (κ1) is 18.8. The molecule has 6 heteroatoms. The smallest absolute Gasteiger partial charge is 0.338 e. The second-order valence-corrected chi connectivity index (χ2v) is 6.54. The molecule has 0 fully saturated rings. The molecule has 2 rings (SSSR count). The molecule has 0 amide bonds. The van der Waals surface area contributed by atoms with Crippen molar-refractivity contribution in [3.05, 3.63) is 47.5 Å². The van der Waals surface area contributed by atoms with Crippen LogP contribution in [0.25, 0.3) is 10.8 Å². The van der Waals surface area contributed by atoms with Gasteiger partial charge >= 0.3 is 5.97 Å². The summed E-state index contributed by atoms with van der Waals surface area (Å²) in [5.74, 6) is -1.72. The van der Waals surface area contributed by atoms with E-state index in [1.165, 1.54) is 0 Å².